The number of nitrogens with one attached hydrogen (secondary N) is 2. The highest BCUT2D eigenvalue weighted by Gasteiger charge is 2.01. The van der Waals surface area contributed by atoms with Gasteiger partial charge in [-0.1, -0.05) is 11.3 Å². The van der Waals surface area contributed by atoms with Crippen molar-refractivity contribution in [2.24, 2.45) is 0 Å². The van der Waals surface area contributed by atoms with E-state index in [0.29, 0.717) is 6.54 Å². The molecule has 2 N–H and O–H groups in total. The van der Waals surface area contributed by atoms with Crippen molar-refractivity contribution in [1.82, 2.24) is 20.2 Å². The van der Waals surface area contributed by atoms with Crippen molar-refractivity contribution in [3.63, 3.8) is 0 Å². The summed E-state index contributed by atoms with van der Waals surface area (Å²) < 4.78 is 0. The summed E-state index contributed by atoms with van der Waals surface area (Å²) in [6.07, 6.45) is 1.81. The van der Waals surface area contributed by atoms with Gasteiger partial charge in [-0.25, -0.2) is 4.98 Å². The second-order valence-electron chi connectivity index (χ2n) is 2.99. The predicted octanol–water partition coefficient (Wildman–Crippen LogP) is 1.49. The van der Waals surface area contributed by atoms with Gasteiger partial charge in [0.2, 0.25) is 5.13 Å². The summed E-state index contributed by atoms with van der Waals surface area (Å²) in [5.74, 6) is 0.912. The third-order valence-corrected chi connectivity index (χ3v) is 2.48. The Morgan fingerprint density at radius 3 is 2.86 bits per heavy atom. The van der Waals surface area contributed by atoms with Gasteiger partial charge in [0.05, 0.1) is 6.54 Å². The third kappa shape index (κ3) is 2.08. The Labute approximate surface area is 85.6 Å². The van der Waals surface area contributed by atoms with Crippen molar-refractivity contribution in [3.05, 3.63) is 22.7 Å². The molecule has 0 aliphatic carbocycles. The Balaban J connectivity index is 1.94. The molecule has 0 saturated heterocycles. The minimum atomic E-state index is 0.655. The Morgan fingerprint density at radius 2 is 2.29 bits per heavy atom. The zero-order valence-corrected chi connectivity index (χ0v) is 8.85. The molecule has 0 aromatic carbocycles. The molecule has 2 aromatic heterocycles. The first-order valence-electron chi connectivity index (χ1n) is 4.28. The van der Waals surface area contributed by atoms with Crippen LogP contribution in [0.25, 0.3) is 0 Å². The molecule has 0 aliphatic rings. The molecule has 0 amide bonds. The SMILES string of the molecule is Cc1cnc(CNc2nnc(C)s2)[nH]1. The Morgan fingerprint density at radius 1 is 1.43 bits per heavy atom. The van der Waals surface area contributed by atoms with Gasteiger partial charge in [-0.05, 0) is 13.8 Å². The lowest BCUT2D eigenvalue weighted by Crippen LogP contribution is -2.00. The topological polar surface area (TPSA) is 66.5 Å². The molecule has 2 rings (SSSR count). The van der Waals surface area contributed by atoms with Gasteiger partial charge in [-0.3, -0.25) is 0 Å². The van der Waals surface area contributed by atoms with Crippen LogP contribution in [0.15, 0.2) is 6.20 Å². The first-order chi connectivity index (χ1) is 6.74. The van der Waals surface area contributed by atoms with E-state index in [1.807, 2.05) is 20.0 Å². The van der Waals surface area contributed by atoms with Crippen LogP contribution in [0, 0.1) is 13.8 Å². The fraction of sp³-hybridized carbons (Fsp3) is 0.375. The zero-order chi connectivity index (χ0) is 9.97. The fourth-order valence-electron chi connectivity index (χ4n) is 1.08. The molecular weight excluding hydrogens is 198 g/mol. The van der Waals surface area contributed by atoms with Gasteiger partial charge in [-0.2, -0.15) is 0 Å². The van der Waals surface area contributed by atoms with E-state index < -0.39 is 0 Å². The minimum absolute atomic E-state index is 0.655. The second-order valence-corrected chi connectivity index (χ2v) is 4.17. The van der Waals surface area contributed by atoms with Crippen molar-refractivity contribution in [3.8, 4) is 0 Å². The van der Waals surface area contributed by atoms with E-state index >= 15 is 0 Å². The number of rotatable bonds is 3. The second kappa shape index (κ2) is 3.75. The first kappa shape index (κ1) is 9.14. The van der Waals surface area contributed by atoms with E-state index in [9.17, 15) is 0 Å². The number of imidazole rings is 1. The number of hydrogen-bond donors (Lipinski definition) is 2. The van der Waals surface area contributed by atoms with Gasteiger partial charge in [0.1, 0.15) is 10.8 Å². The van der Waals surface area contributed by atoms with E-state index in [0.717, 1.165) is 21.7 Å². The van der Waals surface area contributed by atoms with Crippen LogP contribution in [0.5, 0.6) is 0 Å². The van der Waals surface area contributed by atoms with Crippen LogP contribution in [0.4, 0.5) is 5.13 Å². The van der Waals surface area contributed by atoms with Crippen LogP contribution in [-0.4, -0.2) is 20.2 Å². The number of hydrogen-bond acceptors (Lipinski definition) is 5. The maximum absolute atomic E-state index is 4.18. The van der Waals surface area contributed by atoms with Gasteiger partial charge in [-0.15, -0.1) is 10.2 Å². The van der Waals surface area contributed by atoms with Crippen LogP contribution in [0.2, 0.25) is 0 Å². The molecular formula is C8H11N5S. The Hall–Kier alpha value is -1.43. The van der Waals surface area contributed by atoms with Crippen molar-refractivity contribution in [1.29, 1.82) is 0 Å². The highest BCUT2D eigenvalue weighted by molar-refractivity contribution is 7.15. The minimum Gasteiger partial charge on any atom is -0.353 e. The van der Waals surface area contributed by atoms with Crippen molar-refractivity contribution < 1.29 is 0 Å². The van der Waals surface area contributed by atoms with Crippen LogP contribution < -0.4 is 5.32 Å². The molecule has 0 saturated carbocycles. The number of aromatic amines is 1. The van der Waals surface area contributed by atoms with Gasteiger partial charge >= 0.3 is 0 Å². The number of H-pyrrole nitrogens is 1. The summed E-state index contributed by atoms with van der Waals surface area (Å²) in [6.45, 7) is 4.56. The maximum Gasteiger partial charge on any atom is 0.206 e. The van der Waals surface area contributed by atoms with Crippen LogP contribution in [0.1, 0.15) is 16.5 Å². The molecule has 0 aliphatic heterocycles. The average molecular weight is 209 g/mol. The molecule has 0 fully saturated rings. The van der Waals surface area contributed by atoms with Crippen LogP contribution in [0.3, 0.4) is 0 Å². The molecule has 0 bridgehead atoms. The molecule has 2 heterocycles. The molecule has 2 aromatic rings. The Kier molecular flexibility index (Phi) is 2.45. The quantitative estimate of drug-likeness (QED) is 0.803. The Bertz CT molecular complexity index is 379. The normalized spacial score (nSPS) is 10.4. The molecule has 0 atom stereocenters. The van der Waals surface area contributed by atoms with E-state index in [4.69, 9.17) is 0 Å². The summed E-state index contributed by atoms with van der Waals surface area (Å²) in [4.78, 5) is 7.31. The van der Waals surface area contributed by atoms with E-state index in [1.54, 1.807) is 0 Å². The highest BCUT2D eigenvalue weighted by Crippen LogP contribution is 2.13. The highest BCUT2D eigenvalue weighted by atomic mass is 32.1. The number of anilines is 1. The van der Waals surface area contributed by atoms with Gasteiger partial charge in [0, 0.05) is 11.9 Å². The standard InChI is InChI=1S/C8H11N5S/c1-5-3-9-7(11-5)4-10-8-13-12-6(2)14-8/h3H,4H2,1-2H3,(H,9,11)(H,10,13). The third-order valence-electron chi connectivity index (χ3n) is 1.69. The summed E-state index contributed by atoms with van der Waals surface area (Å²) in [5.41, 5.74) is 1.07. The molecule has 6 heteroatoms. The van der Waals surface area contributed by atoms with Gasteiger partial charge in [0.25, 0.3) is 0 Å². The van der Waals surface area contributed by atoms with E-state index in [-0.39, 0.29) is 0 Å². The molecule has 0 radical (unpaired) electrons. The fourth-order valence-corrected chi connectivity index (χ4v) is 1.67. The summed E-state index contributed by atoms with van der Waals surface area (Å²) >= 11 is 1.54. The maximum atomic E-state index is 4.18. The van der Waals surface area contributed by atoms with Gasteiger partial charge in [0.15, 0.2) is 0 Å². The predicted molar refractivity (Wildman–Crippen MR) is 55.3 cm³/mol. The average Bonchev–Trinajstić information content (AvgIpc) is 2.72. The summed E-state index contributed by atoms with van der Waals surface area (Å²) in [5, 5.41) is 12.8. The molecule has 14 heavy (non-hydrogen) atoms. The zero-order valence-electron chi connectivity index (χ0n) is 8.03. The summed E-state index contributed by atoms with van der Waals surface area (Å²) in [6, 6.07) is 0. The molecule has 5 nitrogen and oxygen atoms in total. The lowest BCUT2D eigenvalue weighted by Gasteiger charge is -1.96. The number of aryl methyl sites for hydroxylation is 2. The largest absolute Gasteiger partial charge is 0.353 e. The van der Waals surface area contributed by atoms with Crippen LogP contribution in [-0.2, 0) is 6.54 Å². The van der Waals surface area contributed by atoms with Crippen molar-refractivity contribution in [2.45, 2.75) is 20.4 Å². The summed E-state index contributed by atoms with van der Waals surface area (Å²) in [7, 11) is 0. The van der Waals surface area contributed by atoms with Gasteiger partial charge < -0.3 is 10.3 Å². The van der Waals surface area contributed by atoms with Crippen LogP contribution >= 0.6 is 11.3 Å². The number of aromatic nitrogens is 4. The van der Waals surface area contributed by atoms with E-state index in [2.05, 4.69) is 25.5 Å². The van der Waals surface area contributed by atoms with Crippen molar-refractivity contribution >= 4 is 16.5 Å². The molecule has 0 spiro atoms. The lowest BCUT2D eigenvalue weighted by atomic mass is 10.6. The monoisotopic (exact) mass is 209 g/mol. The number of nitrogens with zero attached hydrogens (tertiary/aromatic N) is 3. The lowest BCUT2D eigenvalue weighted by molar-refractivity contribution is 0.968. The van der Waals surface area contributed by atoms with E-state index in [1.165, 1.54) is 11.3 Å². The smallest absolute Gasteiger partial charge is 0.206 e. The molecule has 74 valence electrons. The first-order valence-corrected chi connectivity index (χ1v) is 5.10. The molecule has 0 unspecified atom stereocenters. The van der Waals surface area contributed by atoms with Crippen molar-refractivity contribution in [2.75, 3.05) is 5.32 Å².